The molecule has 0 radical (unpaired) electrons. The number of benzene rings is 3. The summed E-state index contributed by atoms with van der Waals surface area (Å²) in [5.41, 5.74) is 2.77. The van der Waals surface area contributed by atoms with Crippen molar-refractivity contribution in [2.24, 2.45) is 0 Å². The first-order valence-electron chi connectivity index (χ1n) is 12.3. The first kappa shape index (κ1) is 28.1. The van der Waals surface area contributed by atoms with Crippen molar-refractivity contribution >= 4 is 74.7 Å². The molecule has 2 amide bonds. The Morgan fingerprint density at radius 1 is 1.03 bits per heavy atom. The number of hydrogen-bond acceptors (Lipinski definition) is 5. The van der Waals surface area contributed by atoms with Gasteiger partial charge in [-0.3, -0.25) is 14.9 Å². The SMILES string of the molecule is CCCOc1ccc(C(=O)N2CCN(c3ccc(NC(=S)NC(=O)c4ccccc4I)cc3Cl)CC2)cc1. The van der Waals surface area contributed by atoms with Gasteiger partial charge in [-0.15, -0.1) is 0 Å². The Balaban J connectivity index is 1.30. The van der Waals surface area contributed by atoms with Crippen LogP contribution in [0.3, 0.4) is 0 Å². The summed E-state index contributed by atoms with van der Waals surface area (Å²) in [6.07, 6.45) is 0.939. The average molecular weight is 663 g/mol. The summed E-state index contributed by atoms with van der Waals surface area (Å²) in [6.45, 7) is 5.24. The maximum Gasteiger partial charge on any atom is 0.258 e. The fraction of sp³-hybridized carbons (Fsp3) is 0.250. The lowest BCUT2D eigenvalue weighted by Gasteiger charge is -2.36. The Morgan fingerprint density at radius 3 is 2.39 bits per heavy atom. The van der Waals surface area contributed by atoms with Crippen LogP contribution in [-0.2, 0) is 0 Å². The maximum absolute atomic E-state index is 13.0. The lowest BCUT2D eigenvalue weighted by atomic mass is 10.1. The number of nitrogens with zero attached hydrogens (tertiary/aromatic N) is 2. The number of hydrogen-bond donors (Lipinski definition) is 2. The Bertz CT molecular complexity index is 1310. The smallest absolute Gasteiger partial charge is 0.258 e. The van der Waals surface area contributed by atoms with Crippen LogP contribution in [0.1, 0.15) is 34.1 Å². The quantitative estimate of drug-likeness (QED) is 0.245. The predicted molar refractivity (Wildman–Crippen MR) is 165 cm³/mol. The first-order chi connectivity index (χ1) is 18.4. The zero-order valence-electron chi connectivity index (χ0n) is 20.9. The number of carbonyl (C=O) groups is 2. The highest BCUT2D eigenvalue weighted by Crippen LogP contribution is 2.30. The van der Waals surface area contributed by atoms with Crippen LogP contribution >= 0.6 is 46.4 Å². The van der Waals surface area contributed by atoms with Crippen LogP contribution in [-0.4, -0.2) is 54.6 Å². The highest BCUT2D eigenvalue weighted by Gasteiger charge is 2.23. The summed E-state index contributed by atoms with van der Waals surface area (Å²) in [5.74, 6) is 0.511. The molecule has 1 fully saturated rings. The largest absolute Gasteiger partial charge is 0.494 e. The van der Waals surface area contributed by atoms with E-state index in [0.717, 1.165) is 21.4 Å². The van der Waals surface area contributed by atoms with E-state index in [-0.39, 0.29) is 16.9 Å². The van der Waals surface area contributed by atoms with Gasteiger partial charge in [0.1, 0.15) is 5.75 Å². The second kappa shape index (κ2) is 13.3. The van der Waals surface area contributed by atoms with Crippen molar-refractivity contribution < 1.29 is 14.3 Å². The van der Waals surface area contributed by atoms with Gasteiger partial charge >= 0.3 is 0 Å². The van der Waals surface area contributed by atoms with Gasteiger partial charge in [-0.1, -0.05) is 30.7 Å². The van der Waals surface area contributed by atoms with E-state index in [1.165, 1.54) is 0 Å². The summed E-state index contributed by atoms with van der Waals surface area (Å²) in [7, 11) is 0. The van der Waals surface area contributed by atoms with Crippen molar-refractivity contribution in [3.63, 3.8) is 0 Å². The fourth-order valence-corrected chi connectivity index (χ4v) is 5.21. The van der Waals surface area contributed by atoms with Gasteiger partial charge < -0.3 is 19.9 Å². The zero-order chi connectivity index (χ0) is 27.1. The van der Waals surface area contributed by atoms with E-state index in [0.29, 0.717) is 54.6 Å². The number of thiocarbonyl (C=S) groups is 1. The molecule has 4 rings (SSSR count). The monoisotopic (exact) mass is 662 g/mol. The van der Waals surface area contributed by atoms with Crippen molar-refractivity contribution in [3.8, 4) is 5.75 Å². The molecular weight excluding hydrogens is 635 g/mol. The summed E-state index contributed by atoms with van der Waals surface area (Å²) in [6, 6.07) is 20.2. The predicted octanol–water partition coefficient (Wildman–Crippen LogP) is 5.82. The van der Waals surface area contributed by atoms with Gasteiger partial charge in [0, 0.05) is 41.0 Å². The number of anilines is 2. The van der Waals surface area contributed by atoms with Crippen molar-refractivity contribution in [2.45, 2.75) is 13.3 Å². The van der Waals surface area contributed by atoms with Crippen LogP contribution in [0.4, 0.5) is 11.4 Å². The van der Waals surface area contributed by atoms with E-state index in [9.17, 15) is 9.59 Å². The van der Waals surface area contributed by atoms with Gasteiger partial charge in [0.05, 0.1) is 22.9 Å². The number of nitrogens with one attached hydrogen (secondary N) is 2. The maximum atomic E-state index is 13.0. The Labute approximate surface area is 246 Å². The molecule has 3 aromatic carbocycles. The van der Waals surface area contributed by atoms with E-state index >= 15 is 0 Å². The second-order valence-corrected chi connectivity index (χ2v) is 10.7. The van der Waals surface area contributed by atoms with Crippen molar-refractivity contribution in [1.29, 1.82) is 0 Å². The molecule has 1 saturated heterocycles. The normalized spacial score (nSPS) is 13.1. The lowest BCUT2D eigenvalue weighted by Crippen LogP contribution is -2.48. The van der Waals surface area contributed by atoms with Crippen LogP contribution < -0.4 is 20.3 Å². The molecule has 198 valence electrons. The molecule has 1 aliphatic heterocycles. The minimum absolute atomic E-state index is 0.0121. The number of rotatable bonds is 7. The van der Waals surface area contributed by atoms with Crippen LogP contribution in [0.15, 0.2) is 66.7 Å². The molecule has 1 heterocycles. The van der Waals surface area contributed by atoms with Crippen LogP contribution in [0.25, 0.3) is 0 Å². The van der Waals surface area contributed by atoms with Crippen molar-refractivity contribution in [1.82, 2.24) is 10.2 Å². The van der Waals surface area contributed by atoms with Gasteiger partial charge in [0.25, 0.3) is 11.8 Å². The van der Waals surface area contributed by atoms with Crippen LogP contribution in [0, 0.1) is 3.57 Å². The van der Waals surface area contributed by atoms with Gasteiger partial charge in [-0.05, 0) is 95.8 Å². The lowest BCUT2D eigenvalue weighted by molar-refractivity contribution is 0.0746. The van der Waals surface area contributed by atoms with Crippen LogP contribution in [0.2, 0.25) is 5.02 Å². The van der Waals surface area contributed by atoms with Gasteiger partial charge in [0.15, 0.2) is 5.11 Å². The molecule has 0 bridgehead atoms. The Kier molecular flexibility index (Phi) is 9.81. The molecule has 7 nitrogen and oxygen atoms in total. The fourth-order valence-electron chi connectivity index (χ4n) is 4.07. The molecule has 10 heteroatoms. The third-order valence-corrected chi connectivity index (χ3v) is 7.48. The van der Waals surface area contributed by atoms with Gasteiger partial charge in [-0.2, -0.15) is 0 Å². The molecule has 1 aliphatic rings. The number of piperazine rings is 1. The van der Waals surface area contributed by atoms with Crippen molar-refractivity contribution in [2.75, 3.05) is 43.0 Å². The highest BCUT2D eigenvalue weighted by atomic mass is 127. The van der Waals surface area contributed by atoms with Crippen LogP contribution in [0.5, 0.6) is 5.75 Å². The molecule has 0 unspecified atom stereocenters. The molecule has 0 atom stereocenters. The average Bonchev–Trinajstić information content (AvgIpc) is 2.92. The molecule has 0 aromatic heterocycles. The molecule has 3 aromatic rings. The third-order valence-electron chi connectivity index (χ3n) is 6.03. The minimum atomic E-state index is -0.275. The summed E-state index contributed by atoms with van der Waals surface area (Å²) < 4.78 is 6.45. The topological polar surface area (TPSA) is 73.9 Å². The molecule has 38 heavy (non-hydrogen) atoms. The van der Waals surface area contributed by atoms with E-state index in [1.54, 1.807) is 12.1 Å². The van der Waals surface area contributed by atoms with E-state index in [2.05, 4.69) is 45.0 Å². The summed E-state index contributed by atoms with van der Waals surface area (Å²) >= 11 is 14.0. The minimum Gasteiger partial charge on any atom is -0.494 e. The molecule has 0 saturated carbocycles. The Morgan fingerprint density at radius 2 is 1.74 bits per heavy atom. The van der Waals surface area contributed by atoms with E-state index in [1.807, 2.05) is 59.5 Å². The summed E-state index contributed by atoms with van der Waals surface area (Å²) in [5, 5.41) is 6.47. The van der Waals surface area contributed by atoms with E-state index < -0.39 is 0 Å². The number of halogens is 2. The standard InChI is InChI=1S/C28H28ClIN4O3S/c1-2-17-37-21-10-7-19(8-11-21)27(36)34-15-13-33(14-16-34)25-12-9-20(18-23(25)29)31-28(38)32-26(35)22-5-3-4-6-24(22)30/h3-12,18H,2,13-17H2,1H3,(H2,31,32,35,38). The number of carbonyl (C=O) groups excluding carboxylic acids is 2. The highest BCUT2D eigenvalue weighted by molar-refractivity contribution is 14.1. The van der Waals surface area contributed by atoms with Gasteiger partial charge in [0.2, 0.25) is 0 Å². The van der Waals surface area contributed by atoms with Gasteiger partial charge in [-0.25, -0.2) is 0 Å². The molecule has 0 spiro atoms. The van der Waals surface area contributed by atoms with Crippen molar-refractivity contribution in [3.05, 3.63) is 86.4 Å². The molecular formula is C28H28ClIN4O3S. The van der Waals surface area contributed by atoms with E-state index in [4.69, 9.17) is 28.6 Å². The molecule has 0 aliphatic carbocycles. The zero-order valence-corrected chi connectivity index (χ0v) is 24.6. The number of ether oxygens (including phenoxy) is 1. The first-order valence-corrected chi connectivity index (χ1v) is 14.2. The third kappa shape index (κ3) is 7.15. The Hall–Kier alpha value is -2.89. The summed E-state index contributed by atoms with van der Waals surface area (Å²) in [4.78, 5) is 29.5. The molecule has 2 N–H and O–H groups in total. The number of amides is 2. The second-order valence-electron chi connectivity index (χ2n) is 8.71.